The quantitative estimate of drug-likeness (QED) is 0.829. The van der Waals surface area contributed by atoms with Crippen molar-refractivity contribution in [2.45, 2.75) is 38.0 Å². The van der Waals surface area contributed by atoms with Crippen molar-refractivity contribution in [2.75, 3.05) is 0 Å². The van der Waals surface area contributed by atoms with E-state index in [9.17, 15) is 9.90 Å². The molecule has 0 aromatic carbocycles. The van der Waals surface area contributed by atoms with E-state index in [1.807, 2.05) is 5.38 Å². The van der Waals surface area contributed by atoms with Crippen molar-refractivity contribution in [3.63, 3.8) is 0 Å². The number of aliphatic carboxylic acids is 1. The molecule has 0 aliphatic heterocycles. The molecule has 1 aromatic heterocycles. The van der Waals surface area contributed by atoms with Gasteiger partial charge in [-0.05, 0) is 45.6 Å². The second-order valence-corrected chi connectivity index (χ2v) is 5.96. The minimum Gasteiger partial charge on any atom is -0.481 e. The molecule has 1 saturated carbocycles. The van der Waals surface area contributed by atoms with Gasteiger partial charge in [0.05, 0.1) is 5.92 Å². The summed E-state index contributed by atoms with van der Waals surface area (Å²) in [4.78, 5) is 11.3. The number of carbonyl (C=O) groups is 1. The van der Waals surface area contributed by atoms with Gasteiger partial charge in [0.2, 0.25) is 0 Å². The van der Waals surface area contributed by atoms with Gasteiger partial charge in [0.25, 0.3) is 0 Å². The molecule has 88 valence electrons. The van der Waals surface area contributed by atoms with E-state index < -0.39 is 5.97 Å². The van der Waals surface area contributed by atoms with Crippen molar-refractivity contribution in [3.05, 3.63) is 20.8 Å². The smallest absolute Gasteiger partial charge is 0.307 e. The van der Waals surface area contributed by atoms with E-state index in [2.05, 4.69) is 21.3 Å². The van der Waals surface area contributed by atoms with Gasteiger partial charge in [-0.25, -0.2) is 0 Å². The highest BCUT2D eigenvalue weighted by molar-refractivity contribution is 9.10. The number of hydrogen-bond acceptors (Lipinski definition) is 2. The second kappa shape index (κ2) is 5.32. The summed E-state index contributed by atoms with van der Waals surface area (Å²) < 4.78 is 1.08. The molecule has 1 fully saturated rings. The van der Waals surface area contributed by atoms with E-state index >= 15 is 0 Å². The molecule has 4 heteroatoms. The number of hydrogen-bond donors (Lipinski definition) is 1. The maximum absolute atomic E-state index is 11.3. The molecule has 2 rings (SSSR count). The number of thiophene rings is 1. The normalized spacial score (nSPS) is 26.3. The zero-order valence-electron chi connectivity index (χ0n) is 8.99. The van der Waals surface area contributed by atoms with Crippen LogP contribution in [0.4, 0.5) is 0 Å². The monoisotopic (exact) mass is 302 g/mol. The fraction of sp³-hybridized carbons (Fsp3) is 0.583. The average Bonchev–Trinajstić information content (AvgIpc) is 2.54. The molecular weight excluding hydrogens is 288 g/mol. The Kier molecular flexibility index (Phi) is 4.03. The molecule has 0 spiro atoms. The molecule has 1 aliphatic carbocycles. The van der Waals surface area contributed by atoms with E-state index in [4.69, 9.17) is 0 Å². The van der Waals surface area contributed by atoms with E-state index in [0.717, 1.165) is 30.2 Å². The van der Waals surface area contributed by atoms with Crippen LogP contribution in [0.25, 0.3) is 0 Å². The molecule has 16 heavy (non-hydrogen) atoms. The molecule has 2 unspecified atom stereocenters. The minimum atomic E-state index is -0.634. The molecular formula is C12H15BrO2S. The predicted octanol–water partition coefficient (Wildman–Crippen LogP) is 4.26. The lowest BCUT2D eigenvalue weighted by Gasteiger charge is -2.21. The molecule has 0 saturated heterocycles. The fourth-order valence-electron chi connectivity index (χ4n) is 2.53. The molecule has 1 N–H and O–H groups in total. The van der Waals surface area contributed by atoms with Crippen LogP contribution in [0.5, 0.6) is 0 Å². The molecule has 0 radical (unpaired) electrons. The van der Waals surface area contributed by atoms with Gasteiger partial charge in [0.1, 0.15) is 0 Å². The van der Waals surface area contributed by atoms with Crippen LogP contribution < -0.4 is 0 Å². The van der Waals surface area contributed by atoms with Crippen molar-refractivity contribution in [1.82, 2.24) is 0 Å². The summed E-state index contributed by atoms with van der Waals surface area (Å²) in [6.07, 6.45) is 5.20. The zero-order chi connectivity index (χ0) is 11.5. The van der Waals surface area contributed by atoms with Crippen molar-refractivity contribution in [1.29, 1.82) is 0 Å². The minimum absolute atomic E-state index is 0.195. The SMILES string of the molecule is O=C(O)C1CCCCCC1c1cscc1Br. The molecule has 1 aliphatic rings. The van der Waals surface area contributed by atoms with E-state index in [-0.39, 0.29) is 11.8 Å². The summed E-state index contributed by atoms with van der Waals surface area (Å²) in [5.74, 6) is -0.640. The Labute approximate surface area is 108 Å². The van der Waals surface area contributed by atoms with Gasteiger partial charge in [0.15, 0.2) is 0 Å². The van der Waals surface area contributed by atoms with Crippen LogP contribution >= 0.6 is 27.3 Å². The third kappa shape index (κ3) is 2.48. The van der Waals surface area contributed by atoms with Crippen LogP contribution in [-0.2, 0) is 4.79 Å². The maximum Gasteiger partial charge on any atom is 0.307 e. The molecule has 2 nitrogen and oxygen atoms in total. The Balaban J connectivity index is 2.27. The largest absolute Gasteiger partial charge is 0.481 e. The second-order valence-electron chi connectivity index (χ2n) is 4.36. The molecule has 1 heterocycles. The standard InChI is InChI=1S/C12H15BrO2S/c13-11-7-16-6-10(11)8-4-2-1-3-5-9(8)12(14)15/h6-9H,1-5H2,(H,14,15). The fourth-order valence-corrected chi connectivity index (χ4v) is 4.19. The summed E-state index contributed by atoms with van der Waals surface area (Å²) in [7, 11) is 0. The van der Waals surface area contributed by atoms with Gasteiger partial charge in [-0.3, -0.25) is 4.79 Å². The number of carboxylic acids is 1. The first-order valence-corrected chi connectivity index (χ1v) is 7.38. The summed E-state index contributed by atoms with van der Waals surface area (Å²) in [5.41, 5.74) is 1.19. The highest BCUT2D eigenvalue weighted by atomic mass is 79.9. The van der Waals surface area contributed by atoms with Gasteiger partial charge in [-0.2, -0.15) is 11.3 Å². The van der Waals surface area contributed by atoms with Crippen LogP contribution in [0.1, 0.15) is 43.6 Å². The first kappa shape index (κ1) is 12.1. The number of halogens is 1. The van der Waals surface area contributed by atoms with E-state index in [1.165, 1.54) is 12.0 Å². The van der Waals surface area contributed by atoms with Gasteiger partial charge < -0.3 is 5.11 Å². The Bertz CT molecular complexity index is 375. The lowest BCUT2D eigenvalue weighted by Crippen LogP contribution is -2.21. The molecule has 0 amide bonds. The third-order valence-corrected chi connectivity index (χ3v) is 5.13. The Hall–Kier alpha value is -0.350. The molecule has 0 bridgehead atoms. The van der Waals surface area contributed by atoms with Crippen LogP contribution in [0.3, 0.4) is 0 Å². The highest BCUT2D eigenvalue weighted by Gasteiger charge is 2.31. The average molecular weight is 303 g/mol. The number of carboxylic acid groups (broad SMARTS) is 1. The van der Waals surface area contributed by atoms with Crippen molar-refractivity contribution in [3.8, 4) is 0 Å². The number of rotatable bonds is 2. The van der Waals surface area contributed by atoms with Gasteiger partial charge >= 0.3 is 5.97 Å². The van der Waals surface area contributed by atoms with Crippen LogP contribution in [-0.4, -0.2) is 11.1 Å². The zero-order valence-corrected chi connectivity index (χ0v) is 11.4. The molecule has 1 aromatic rings. The summed E-state index contributed by atoms with van der Waals surface area (Å²) in [6.45, 7) is 0. The van der Waals surface area contributed by atoms with E-state index in [1.54, 1.807) is 11.3 Å². The topological polar surface area (TPSA) is 37.3 Å². The van der Waals surface area contributed by atoms with Crippen LogP contribution in [0, 0.1) is 5.92 Å². The lowest BCUT2D eigenvalue weighted by molar-refractivity contribution is -0.142. The molecule has 2 atom stereocenters. The first-order chi connectivity index (χ1) is 7.70. The van der Waals surface area contributed by atoms with Crippen molar-refractivity contribution < 1.29 is 9.90 Å². The highest BCUT2D eigenvalue weighted by Crippen LogP contribution is 2.41. The predicted molar refractivity (Wildman–Crippen MR) is 69.0 cm³/mol. The van der Waals surface area contributed by atoms with Crippen molar-refractivity contribution >= 4 is 33.2 Å². The summed E-state index contributed by atoms with van der Waals surface area (Å²) in [5, 5.41) is 13.4. The van der Waals surface area contributed by atoms with Crippen LogP contribution in [0.15, 0.2) is 15.2 Å². The summed E-state index contributed by atoms with van der Waals surface area (Å²) in [6, 6.07) is 0. The van der Waals surface area contributed by atoms with Crippen molar-refractivity contribution in [2.24, 2.45) is 5.92 Å². The first-order valence-electron chi connectivity index (χ1n) is 5.64. The van der Waals surface area contributed by atoms with Gasteiger partial charge in [0, 0.05) is 9.85 Å². The maximum atomic E-state index is 11.3. The Morgan fingerprint density at radius 3 is 2.69 bits per heavy atom. The lowest BCUT2D eigenvalue weighted by atomic mass is 9.84. The Morgan fingerprint density at radius 2 is 2.06 bits per heavy atom. The van der Waals surface area contributed by atoms with Gasteiger partial charge in [-0.1, -0.05) is 19.3 Å². The Morgan fingerprint density at radius 1 is 1.31 bits per heavy atom. The van der Waals surface area contributed by atoms with Gasteiger partial charge in [-0.15, -0.1) is 0 Å². The van der Waals surface area contributed by atoms with Crippen LogP contribution in [0.2, 0.25) is 0 Å². The third-order valence-electron chi connectivity index (χ3n) is 3.37. The summed E-state index contributed by atoms with van der Waals surface area (Å²) >= 11 is 5.16. The van der Waals surface area contributed by atoms with E-state index in [0.29, 0.717) is 0 Å².